The van der Waals surface area contributed by atoms with Crippen molar-refractivity contribution in [3.8, 4) is 0 Å². The Morgan fingerprint density at radius 2 is 1.68 bits per heavy atom. The summed E-state index contributed by atoms with van der Waals surface area (Å²) >= 11 is 0. The molecule has 0 saturated heterocycles. The molecule has 1 aliphatic rings. The van der Waals surface area contributed by atoms with Crippen molar-refractivity contribution in [2.75, 3.05) is 0 Å². The standard InChI is InChI=1S/C14H26N2O3/c1-7-8(2)9(10(17)18)15-12(19)16-11-13(3,4)14(11,5)6/h8-9,11H,7H2,1-6H3,(H,17,18)(H2,15,16,19)/t8-,9-/m0/s1. The number of nitrogens with one attached hydrogen (secondary N) is 2. The SMILES string of the molecule is CC[C@H](C)[C@H](NC(=O)NC1C(C)(C)C1(C)C)C(=O)O. The van der Waals surface area contributed by atoms with Gasteiger partial charge in [0.2, 0.25) is 0 Å². The monoisotopic (exact) mass is 270 g/mol. The van der Waals surface area contributed by atoms with Gasteiger partial charge in [0.15, 0.2) is 0 Å². The van der Waals surface area contributed by atoms with E-state index in [1.54, 1.807) is 0 Å². The van der Waals surface area contributed by atoms with Gasteiger partial charge in [-0.05, 0) is 16.7 Å². The summed E-state index contributed by atoms with van der Waals surface area (Å²) in [7, 11) is 0. The topological polar surface area (TPSA) is 78.4 Å². The number of aliphatic carboxylic acids is 1. The van der Waals surface area contributed by atoms with Crippen LogP contribution in [0.5, 0.6) is 0 Å². The normalized spacial score (nSPS) is 23.3. The van der Waals surface area contributed by atoms with Gasteiger partial charge in [0, 0.05) is 6.04 Å². The van der Waals surface area contributed by atoms with Crippen molar-refractivity contribution in [1.82, 2.24) is 10.6 Å². The molecule has 0 unspecified atom stereocenters. The van der Waals surface area contributed by atoms with Gasteiger partial charge in [-0.3, -0.25) is 0 Å². The minimum atomic E-state index is -0.987. The minimum Gasteiger partial charge on any atom is -0.480 e. The van der Waals surface area contributed by atoms with Crippen LogP contribution in [0.1, 0.15) is 48.0 Å². The molecule has 0 aromatic heterocycles. The van der Waals surface area contributed by atoms with E-state index in [-0.39, 0.29) is 22.8 Å². The molecule has 1 saturated carbocycles. The fraction of sp³-hybridized carbons (Fsp3) is 0.857. The van der Waals surface area contributed by atoms with E-state index in [4.69, 9.17) is 5.11 Å². The molecule has 1 fully saturated rings. The Balaban J connectivity index is 2.59. The van der Waals surface area contributed by atoms with Crippen molar-refractivity contribution < 1.29 is 14.7 Å². The Morgan fingerprint density at radius 3 is 2.00 bits per heavy atom. The van der Waals surface area contributed by atoms with E-state index in [0.717, 1.165) is 0 Å². The first-order valence-electron chi connectivity index (χ1n) is 6.85. The lowest BCUT2D eigenvalue weighted by Gasteiger charge is -2.20. The average molecular weight is 270 g/mol. The minimum absolute atomic E-state index is 0.0411. The quantitative estimate of drug-likeness (QED) is 0.716. The molecule has 0 bridgehead atoms. The highest BCUT2D eigenvalue weighted by molar-refractivity contribution is 5.83. The summed E-state index contributed by atoms with van der Waals surface area (Å²) in [4.78, 5) is 23.1. The smallest absolute Gasteiger partial charge is 0.326 e. The number of hydrogen-bond acceptors (Lipinski definition) is 2. The Labute approximate surface area is 115 Å². The van der Waals surface area contributed by atoms with Crippen LogP contribution >= 0.6 is 0 Å². The fourth-order valence-electron chi connectivity index (χ4n) is 2.55. The van der Waals surface area contributed by atoms with Gasteiger partial charge in [0.25, 0.3) is 0 Å². The fourth-order valence-corrected chi connectivity index (χ4v) is 2.55. The third-order valence-corrected chi connectivity index (χ3v) is 5.06. The predicted molar refractivity (Wildman–Crippen MR) is 73.9 cm³/mol. The summed E-state index contributed by atoms with van der Waals surface area (Å²) in [6.07, 6.45) is 0.706. The summed E-state index contributed by atoms with van der Waals surface area (Å²) < 4.78 is 0. The van der Waals surface area contributed by atoms with E-state index in [2.05, 4.69) is 38.3 Å². The van der Waals surface area contributed by atoms with Gasteiger partial charge in [0.05, 0.1) is 0 Å². The maximum absolute atomic E-state index is 11.9. The molecule has 5 nitrogen and oxygen atoms in total. The zero-order valence-electron chi connectivity index (χ0n) is 12.7. The van der Waals surface area contributed by atoms with Crippen LogP contribution in [0.2, 0.25) is 0 Å². The summed E-state index contributed by atoms with van der Waals surface area (Å²) in [6.45, 7) is 12.1. The number of hydrogen-bond donors (Lipinski definition) is 3. The number of urea groups is 1. The second-order valence-electron chi connectivity index (χ2n) is 6.70. The molecule has 3 N–H and O–H groups in total. The van der Waals surface area contributed by atoms with Gasteiger partial charge < -0.3 is 15.7 Å². The third-order valence-electron chi connectivity index (χ3n) is 5.06. The van der Waals surface area contributed by atoms with Crippen LogP contribution in [0.3, 0.4) is 0 Å². The molecule has 2 amide bonds. The van der Waals surface area contributed by atoms with Gasteiger partial charge in [-0.15, -0.1) is 0 Å². The van der Waals surface area contributed by atoms with Crippen molar-refractivity contribution in [2.45, 2.75) is 60.0 Å². The number of carboxylic acids is 1. The Morgan fingerprint density at radius 1 is 1.21 bits per heavy atom. The summed E-state index contributed by atoms with van der Waals surface area (Å²) in [5.74, 6) is -1.08. The molecule has 0 heterocycles. The lowest BCUT2D eigenvalue weighted by Crippen LogP contribution is -2.50. The maximum Gasteiger partial charge on any atom is 0.326 e. The Bertz CT molecular complexity index is 363. The Kier molecular flexibility index (Phi) is 4.17. The van der Waals surface area contributed by atoms with E-state index < -0.39 is 18.0 Å². The first-order chi connectivity index (χ1) is 8.55. The van der Waals surface area contributed by atoms with Crippen LogP contribution in [0.15, 0.2) is 0 Å². The third kappa shape index (κ3) is 2.85. The molecule has 5 heteroatoms. The highest BCUT2D eigenvalue weighted by Gasteiger charge is 2.65. The summed E-state index contributed by atoms with van der Waals surface area (Å²) in [5, 5.41) is 14.6. The van der Waals surface area contributed by atoms with Crippen molar-refractivity contribution in [2.24, 2.45) is 16.7 Å². The summed E-state index contributed by atoms with van der Waals surface area (Å²) in [5.41, 5.74) is 0.0822. The van der Waals surface area contributed by atoms with Gasteiger partial charge in [-0.2, -0.15) is 0 Å². The highest BCUT2D eigenvalue weighted by Crippen LogP contribution is 2.62. The van der Waals surface area contributed by atoms with Crippen LogP contribution in [0.25, 0.3) is 0 Å². The predicted octanol–water partition coefficient (Wildman–Crippen LogP) is 2.22. The van der Waals surface area contributed by atoms with Crippen LogP contribution in [0.4, 0.5) is 4.79 Å². The van der Waals surface area contributed by atoms with Gasteiger partial charge in [0.1, 0.15) is 6.04 Å². The second kappa shape index (κ2) is 5.02. The van der Waals surface area contributed by atoms with Crippen LogP contribution in [0, 0.1) is 16.7 Å². The first kappa shape index (κ1) is 15.8. The van der Waals surface area contributed by atoms with Crippen LogP contribution in [-0.4, -0.2) is 29.2 Å². The molecule has 1 rings (SSSR count). The number of amides is 2. The number of carbonyl (C=O) groups is 2. The molecule has 0 aromatic carbocycles. The molecule has 0 aliphatic heterocycles. The molecule has 0 aromatic rings. The van der Waals surface area contributed by atoms with E-state index in [1.165, 1.54) is 0 Å². The van der Waals surface area contributed by atoms with E-state index >= 15 is 0 Å². The molecule has 0 radical (unpaired) electrons. The van der Waals surface area contributed by atoms with Gasteiger partial charge in [-0.1, -0.05) is 48.0 Å². The van der Waals surface area contributed by atoms with E-state index in [9.17, 15) is 9.59 Å². The van der Waals surface area contributed by atoms with Crippen molar-refractivity contribution in [1.29, 1.82) is 0 Å². The Hall–Kier alpha value is -1.26. The molecule has 1 aliphatic carbocycles. The zero-order chi connectivity index (χ0) is 15.0. The summed E-state index contributed by atoms with van der Waals surface area (Å²) in [6, 6.07) is -1.15. The van der Waals surface area contributed by atoms with Crippen molar-refractivity contribution in [3.63, 3.8) is 0 Å². The molecule has 110 valence electrons. The lowest BCUT2D eigenvalue weighted by atomic mass is 9.99. The largest absolute Gasteiger partial charge is 0.480 e. The molecule has 2 atom stereocenters. The van der Waals surface area contributed by atoms with Gasteiger partial charge >= 0.3 is 12.0 Å². The molecular weight excluding hydrogens is 244 g/mol. The molecule has 19 heavy (non-hydrogen) atoms. The highest BCUT2D eigenvalue weighted by atomic mass is 16.4. The lowest BCUT2D eigenvalue weighted by molar-refractivity contribution is -0.140. The first-order valence-corrected chi connectivity index (χ1v) is 6.85. The van der Waals surface area contributed by atoms with Crippen molar-refractivity contribution in [3.05, 3.63) is 0 Å². The van der Waals surface area contributed by atoms with Crippen molar-refractivity contribution >= 4 is 12.0 Å². The van der Waals surface area contributed by atoms with E-state index in [1.807, 2.05) is 13.8 Å². The molecular formula is C14H26N2O3. The zero-order valence-corrected chi connectivity index (χ0v) is 12.7. The molecule has 0 spiro atoms. The number of carboxylic acid groups (broad SMARTS) is 1. The average Bonchev–Trinajstić information content (AvgIpc) is 2.67. The van der Waals surface area contributed by atoms with Gasteiger partial charge in [-0.25, -0.2) is 9.59 Å². The van der Waals surface area contributed by atoms with Crippen LogP contribution < -0.4 is 10.6 Å². The second-order valence-corrected chi connectivity index (χ2v) is 6.70. The van der Waals surface area contributed by atoms with E-state index in [0.29, 0.717) is 6.42 Å². The number of rotatable bonds is 5. The van der Waals surface area contributed by atoms with Crippen LogP contribution in [-0.2, 0) is 4.79 Å². The maximum atomic E-state index is 11.9. The number of carbonyl (C=O) groups excluding carboxylic acids is 1.